The molecule has 1 atom stereocenters. The minimum absolute atomic E-state index is 0.119. The van der Waals surface area contributed by atoms with E-state index in [2.05, 4.69) is 20.8 Å². The molecule has 28 heavy (non-hydrogen) atoms. The highest BCUT2D eigenvalue weighted by Crippen LogP contribution is 2.30. The molecule has 144 valence electrons. The lowest BCUT2D eigenvalue weighted by Gasteiger charge is -2.26. The summed E-state index contributed by atoms with van der Waals surface area (Å²) < 4.78 is 13.1. The van der Waals surface area contributed by atoms with Crippen LogP contribution in [-0.4, -0.2) is 51.1 Å². The molecule has 1 aliphatic rings. The van der Waals surface area contributed by atoms with Crippen LogP contribution in [0.5, 0.6) is 11.5 Å². The lowest BCUT2D eigenvalue weighted by atomic mass is 10.2. The van der Waals surface area contributed by atoms with Gasteiger partial charge in [0.1, 0.15) is 12.7 Å². The van der Waals surface area contributed by atoms with Gasteiger partial charge in [0.15, 0.2) is 11.5 Å². The summed E-state index contributed by atoms with van der Waals surface area (Å²) in [4.78, 5) is 12.2. The molecule has 2 heterocycles. The first-order chi connectivity index (χ1) is 13.7. The number of benzene rings is 2. The lowest BCUT2D eigenvalue weighted by molar-refractivity contribution is -0.119. The molecule has 1 unspecified atom stereocenters. The smallest absolute Gasteiger partial charge is 0.230 e. The van der Waals surface area contributed by atoms with Crippen molar-refractivity contribution in [1.29, 1.82) is 0 Å². The first-order valence-corrected chi connectivity index (χ1v) is 9.81. The number of rotatable bonds is 6. The van der Waals surface area contributed by atoms with Crippen LogP contribution in [0.15, 0.2) is 53.7 Å². The van der Waals surface area contributed by atoms with Gasteiger partial charge in [0.25, 0.3) is 0 Å². The van der Waals surface area contributed by atoms with Crippen LogP contribution < -0.4 is 14.8 Å². The van der Waals surface area contributed by atoms with Gasteiger partial charge in [-0.2, -0.15) is 4.68 Å². The zero-order valence-corrected chi connectivity index (χ0v) is 16.1. The molecule has 9 heteroatoms. The molecular weight excluding hydrogens is 378 g/mol. The number of carbonyl (C=O) groups excluding carboxylic acids is 1. The number of para-hydroxylation sites is 2. The van der Waals surface area contributed by atoms with E-state index in [1.54, 1.807) is 4.68 Å². The normalized spacial score (nSPS) is 15.2. The Labute approximate surface area is 166 Å². The maximum atomic E-state index is 12.2. The number of aromatic nitrogens is 4. The van der Waals surface area contributed by atoms with Gasteiger partial charge in [-0.15, -0.1) is 5.10 Å². The molecule has 0 radical (unpaired) electrons. The van der Waals surface area contributed by atoms with Crippen molar-refractivity contribution in [2.24, 2.45) is 0 Å². The molecule has 1 aromatic heterocycles. The van der Waals surface area contributed by atoms with E-state index in [1.807, 2.05) is 55.5 Å². The van der Waals surface area contributed by atoms with Crippen molar-refractivity contribution in [3.05, 3.63) is 54.1 Å². The fourth-order valence-corrected chi connectivity index (χ4v) is 3.48. The number of aryl methyl sites for hydroxylation is 1. The van der Waals surface area contributed by atoms with Crippen LogP contribution in [0.4, 0.5) is 0 Å². The predicted octanol–water partition coefficient (Wildman–Crippen LogP) is 2.02. The second-order valence-corrected chi connectivity index (χ2v) is 7.25. The first kappa shape index (κ1) is 18.3. The Bertz CT molecular complexity index is 977. The molecule has 1 aliphatic heterocycles. The Hall–Kier alpha value is -3.07. The van der Waals surface area contributed by atoms with Crippen LogP contribution in [-0.2, 0) is 4.79 Å². The summed E-state index contributed by atoms with van der Waals surface area (Å²) in [6, 6.07) is 15.3. The summed E-state index contributed by atoms with van der Waals surface area (Å²) in [5, 5.41) is 15.2. The van der Waals surface area contributed by atoms with E-state index in [0.29, 0.717) is 24.1 Å². The van der Waals surface area contributed by atoms with Gasteiger partial charge >= 0.3 is 0 Å². The second-order valence-electron chi connectivity index (χ2n) is 6.30. The number of tetrazole rings is 1. The minimum Gasteiger partial charge on any atom is -0.486 e. The van der Waals surface area contributed by atoms with Gasteiger partial charge < -0.3 is 14.8 Å². The molecule has 8 nitrogen and oxygen atoms in total. The summed E-state index contributed by atoms with van der Waals surface area (Å²) in [5.74, 6) is 1.51. The van der Waals surface area contributed by atoms with Crippen molar-refractivity contribution >= 4 is 17.7 Å². The van der Waals surface area contributed by atoms with Crippen molar-refractivity contribution in [1.82, 2.24) is 25.5 Å². The number of carbonyl (C=O) groups is 1. The third-order valence-electron chi connectivity index (χ3n) is 4.11. The van der Waals surface area contributed by atoms with Crippen LogP contribution in [0.25, 0.3) is 5.69 Å². The topological polar surface area (TPSA) is 91.2 Å². The third kappa shape index (κ3) is 4.25. The molecule has 0 saturated carbocycles. The van der Waals surface area contributed by atoms with Crippen LogP contribution >= 0.6 is 11.8 Å². The van der Waals surface area contributed by atoms with Crippen molar-refractivity contribution in [2.75, 3.05) is 18.9 Å². The number of nitrogens with one attached hydrogen (secondary N) is 1. The second kappa shape index (κ2) is 8.30. The molecule has 3 aromatic rings. The number of amides is 1. The Balaban J connectivity index is 1.29. The molecule has 1 N–H and O–H groups in total. The Morgan fingerprint density at radius 3 is 2.96 bits per heavy atom. The number of nitrogens with zero attached hydrogens (tertiary/aromatic N) is 4. The van der Waals surface area contributed by atoms with E-state index in [-0.39, 0.29) is 17.8 Å². The molecule has 0 bridgehead atoms. The average Bonchev–Trinajstić information content (AvgIpc) is 3.19. The van der Waals surface area contributed by atoms with Gasteiger partial charge in [0.05, 0.1) is 18.0 Å². The minimum atomic E-state index is -0.221. The lowest BCUT2D eigenvalue weighted by Crippen LogP contribution is -2.41. The van der Waals surface area contributed by atoms with Gasteiger partial charge in [-0.25, -0.2) is 0 Å². The third-order valence-corrected chi connectivity index (χ3v) is 5.03. The monoisotopic (exact) mass is 397 g/mol. The Morgan fingerprint density at radius 1 is 1.25 bits per heavy atom. The van der Waals surface area contributed by atoms with Crippen LogP contribution in [0, 0.1) is 6.92 Å². The Morgan fingerprint density at radius 2 is 2.11 bits per heavy atom. The first-order valence-electron chi connectivity index (χ1n) is 8.82. The fraction of sp³-hybridized carbons (Fsp3) is 0.263. The number of thioether (sulfide) groups is 1. The molecule has 2 aromatic carbocycles. The van der Waals surface area contributed by atoms with E-state index >= 15 is 0 Å². The van der Waals surface area contributed by atoms with Gasteiger partial charge in [-0.1, -0.05) is 36.0 Å². The molecule has 0 spiro atoms. The van der Waals surface area contributed by atoms with Crippen LogP contribution in [0.2, 0.25) is 0 Å². The average molecular weight is 397 g/mol. The van der Waals surface area contributed by atoms with Gasteiger partial charge in [-0.3, -0.25) is 4.79 Å². The number of ether oxygens (including phenoxy) is 2. The van der Waals surface area contributed by atoms with E-state index in [0.717, 1.165) is 17.0 Å². The molecule has 4 rings (SSSR count). The zero-order valence-electron chi connectivity index (χ0n) is 15.2. The molecule has 0 fully saturated rings. The number of hydrogen-bond donors (Lipinski definition) is 1. The maximum absolute atomic E-state index is 12.2. The Kier molecular flexibility index (Phi) is 5.43. The van der Waals surface area contributed by atoms with Crippen molar-refractivity contribution in [3.63, 3.8) is 0 Å². The SMILES string of the molecule is Cc1cccc(-n2nnnc2SCC(=O)NCC2COc3ccccc3O2)c1. The highest BCUT2D eigenvalue weighted by molar-refractivity contribution is 7.99. The van der Waals surface area contributed by atoms with Gasteiger partial charge in [-0.05, 0) is 47.2 Å². The van der Waals surface area contributed by atoms with Gasteiger partial charge in [0.2, 0.25) is 11.1 Å². The summed E-state index contributed by atoms with van der Waals surface area (Å²) in [7, 11) is 0. The van der Waals surface area contributed by atoms with Crippen molar-refractivity contribution < 1.29 is 14.3 Å². The summed E-state index contributed by atoms with van der Waals surface area (Å²) in [6.07, 6.45) is -0.221. The zero-order chi connectivity index (χ0) is 19.3. The van der Waals surface area contributed by atoms with Crippen molar-refractivity contribution in [2.45, 2.75) is 18.2 Å². The fourth-order valence-electron chi connectivity index (χ4n) is 2.76. The molecule has 0 aliphatic carbocycles. The summed E-state index contributed by atoms with van der Waals surface area (Å²) in [5.41, 5.74) is 1.97. The highest BCUT2D eigenvalue weighted by atomic mass is 32.2. The molecular formula is C19H19N5O3S. The van der Waals surface area contributed by atoms with E-state index in [9.17, 15) is 4.79 Å². The number of hydrogen-bond acceptors (Lipinski definition) is 7. The van der Waals surface area contributed by atoms with E-state index in [4.69, 9.17) is 9.47 Å². The number of fused-ring (bicyclic) bond motifs is 1. The predicted molar refractivity (Wildman–Crippen MR) is 104 cm³/mol. The molecule has 1 amide bonds. The van der Waals surface area contributed by atoms with Crippen molar-refractivity contribution in [3.8, 4) is 17.2 Å². The largest absolute Gasteiger partial charge is 0.486 e. The van der Waals surface area contributed by atoms with Gasteiger partial charge in [0, 0.05) is 0 Å². The van der Waals surface area contributed by atoms with E-state index < -0.39 is 0 Å². The van der Waals surface area contributed by atoms with E-state index in [1.165, 1.54) is 11.8 Å². The summed E-state index contributed by atoms with van der Waals surface area (Å²) >= 11 is 1.28. The van der Waals surface area contributed by atoms with Crippen LogP contribution in [0.3, 0.4) is 0 Å². The standard InChI is InChI=1S/C19H19N5O3S/c1-13-5-4-6-14(9-13)24-19(21-22-23-24)28-12-18(25)20-10-15-11-26-16-7-2-3-8-17(16)27-15/h2-9,15H,10-12H2,1H3,(H,20,25). The highest BCUT2D eigenvalue weighted by Gasteiger charge is 2.21. The summed E-state index contributed by atoms with van der Waals surface area (Å²) in [6.45, 7) is 2.77. The molecule has 0 saturated heterocycles. The van der Waals surface area contributed by atoms with Crippen LogP contribution in [0.1, 0.15) is 5.56 Å². The quantitative estimate of drug-likeness (QED) is 0.636. The maximum Gasteiger partial charge on any atom is 0.230 e.